The molecule has 21 heavy (non-hydrogen) atoms. The summed E-state index contributed by atoms with van der Waals surface area (Å²) < 4.78 is 14.1. The van der Waals surface area contributed by atoms with Gasteiger partial charge in [0.2, 0.25) is 0 Å². The number of unbranched alkanes of at least 4 members (excludes halogenated alkanes) is 3. The minimum Gasteiger partial charge on any atom is -0.398 e. The van der Waals surface area contributed by atoms with Crippen LogP contribution in [0.4, 0.5) is 15.8 Å². The van der Waals surface area contributed by atoms with E-state index >= 15 is 0 Å². The maximum absolute atomic E-state index is 14.1. The fourth-order valence-corrected chi connectivity index (χ4v) is 2.84. The first-order valence-electron chi connectivity index (χ1n) is 7.29. The topological polar surface area (TPSA) is 50.9 Å². The molecule has 0 fully saturated rings. The third-order valence-corrected chi connectivity index (χ3v) is 4.15. The van der Waals surface area contributed by atoms with Crippen molar-refractivity contribution >= 4 is 34.0 Å². The minimum absolute atomic E-state index is 0.332. The lowest BCUT2D eigenvalue weighted by atomic mass is 10.1. The summed E-state index contributed by atoms with van der Waals surface area (Å²) in [6.45, 7) is 0.756. The summed E-state index contributed by atoms with van der Waals surface area (Å²) in [5, 5.41) is 3.97. The lowest BCUT2D eigenvalue weighted by molar-refractivity contribution is 0.629. The van der Waals surface area contributed by atoms with Gasteiger partial charge >= 0.3 is 0 Å². The molecular weight excluding hydrogens is 285 g/mol. The Hall–Kier alpha value is -1.49. The Balaban J connectivity index is 1.96. The zero-order valence-corrected chi connectivity index (χ0v) is 13.2. The van der Waals surface area contributed by atoms with Gasteiger partial charge in [-0.15, -0.1) is 0 Å². The summed E-state index contributed by atoms with van der Waals surface area (Å²) in [5.74, 6) is 0.885. The highest BCUT2D eigenvalue weighted by atomic mass is 32.2. The molecule has 0 bridgehead atoms. The van der Waals surface area contributed by atoms with Gasteiger partial charge in [-0.1, -0.05) is 12.8 Å². The lowest BCUT2D eigenvalue weighted by Gasteiger charge is -2.11. The van der Waals surface area contributed by atoms with Crippen LogP contribution >= 0.6 is 11.8 Å². The number of hydrogen-bond donors (Lipinski definition) is 2. The third kappa shape index (κ3) is 4.24. The normalized spacial score (nSPS) is 11.0. The summed E-state index contributed by atoms with van der Waals surface area (Å²) in [5.41, 5.74) is 7.34. The van der Waals surface area contributed by atoms with Gasteiger partial charge in [0.15, 0.2) is 5.82 Å². The van der Waals surface area contributed by atoms with E-state index in [0.29, 0.717) is 16.9 Å². The molecule has 1 aromatic heterocycles. The first kappa shape index (κ1) is 15.9. The van der Waals surface area contributed by atoms with E-state index in [1.54, 1.807) is 6.20 Å². The number of nitrogens with two attached hydrogens (primary N) is 1. The number of nitrogens with one attached hydrogen (secondary N) is 1. The fourth-order valence-electron chi connectivity index (χ4n) is 2.34. The fraction of sp³-hybridized carbons (Fsp3) is 0.438. The summed E-state index contributed by atoms with van der Waals surface area (Å²) in [4.78, 5) is 4.26. The Morgan fingerprint density at radius 1 is 1.29 bits per heavy atom. The largest absolute Gasteiger partial charge is 0.398 e. The molecule has 114 valence electrons. The molecule has 0 aliphatic heterocycles. The van der Waals surface area contributed by atoms with E-state index in [1.807, 2.05) is 23.9 Å². The van der Waals surface area contributed by atoms with E-state index in [9.17, 15) is 4.39 Å². The number of thioether (sulfide) groups is 1. The van der Waals surface area contributed by atoms with Crippen molar-refractivity contribution in [2.75, 3.05) is 29.6 Å². The summed E-state index contributed by atoms with van der Waals surface area (Å²) >= 11 is 1.88. The maximum atomic E-state index is 14.1. The SMILES string of the molecule is CSCCCCCCNc1c(F)cc(N)c2cccnc12. The van der Waals surface area contributed by atoms with Crippen LogP contribution in [0.25, 0.3) is 10.9 Å². The molecule has 3 N–H and O–H groups in total. The van der Waals surface area contributed by atoms with Crippen molar-refractivity contribution in [3.63, 3.8) is 0 Å². The van der Waals surface area contributed by atoms with Gasteiger partial charge < -0.3 is 11.1 Å². The molecule has 0 spiro atoms. The van der Waals surface area contributed by atoms with Crippen LogP contribution in [0, 0.1) is 5.82 Å². The van der Waals surface area contributed by atoms with E-state index in [1.165, 1.54) is 24.7 Å². The number of anilines is 2. The molecule has 0 unspecified atom stereocenters. The maximum Gasteiger partial charge on any atom is 0.150 e. The second-order valence-corrected chi connectivity index (χ2v) is 6.04. The molecule has 2 rings (SSSR count). The van der Waals surface area contributed by atoms with E-state index in [-0.39, 0.29) is 5.82 Å². The molecule has 0 amide bonds. The van der Waals surface area contributed by atoms with Crippen molar-refractivity contribution in [2.24, 2.45) is 0 Å². The van der Waals surface area contributed by atoms with Crippen molar-refractivity contribution < 1.29 is 4.39 Å². The number of nitrogen functional groups attached to an aromatic ring is 1. The summed E-state index contributed by atoms with van der Waals surface area (Å²) in [7, 11) is 0. The zero-order valence-electron chi connectivity index (χ0n) is 12.4. The number of halogens is 1. The second kappa shape index (κ2) is 8.08. The number of benzene rings is 1. The van der Waals surface area contributed by atoms with Gasteiger partial charge in [-0.05, 0) is 43.0 Å². The monoisotopic (exact) mass is 307 g/mol. The molecule has 0 saturated heterocycles. The molecule has 0 aliphatic carbocycles. The number of nitrogens with zero attached hydrogens (tertiary/aromatic N) is 1. The second-order valence-electron chi connectivity index (χ2n) is 5.06. The highest BCUT2D eigenvalue weighted by Gasteiger charge is 2.11. The van der Waals surface area contributed by atoms with Gasteiger partial charge in [-0.25, -0.2) is 4.39 Å². The Morgan fingerprint density at radius 2 is 2.10 bits per heavy atom. The van der Waals surface area contributed by atoms with Crippen LogP contribution in [0.1, 0.15) is 25.7 Å². The van der Waals surface area contributed by atoms with Crippen molar-refractivity contribution in [3.8, 4) is 0 Å². The first-order valence-corrected chi connectivity index (χ1v) is 8.69. The summed E-state index contributed by atoms with van der Waals surface area (Å²) in [6, 6.07) is 5.04. The van der Waals surface area contributed by atoms with Crippen LogP contribution in [0.2, 0.25) is 0 Å². The quantitative estimate of drug-likeness (QED) is 0.564. The number of pyridine rings is 1. The van der Waals surface area contributed by atoms with Gasteiger partial charge in [0, 0.05) is 23.8 Å². The van der Waals surface area contributed by atoms with Crippen molar-refractivity contribution in [3.05, 3.63) is 30.2 Å². The summed E-state index contributed by atoms with van der Waals surface area (Å²) in [6.07, 6.45) is 8.47. The van der Waals surface area contributed by atoms with E-state index in [0.717, 1.165) is 24.8 Å². The number of aromatic nitrogens is 1. The molecule has 1 heterocycles. The van der Waals surface area contributed by atoms with Crippen molar-refractivity contribution in [1.82, 2.24) is 4.98 Å². The van der Waals surface area contributed by atoms with Crippen LogP contribution in [0.5, 0.6) is 0 Å². The average molecular weight is 307 g/mol. The molecule has 0 radical (unpaired) electrons. The molecule has 0 saturated carbocycles. The predicted octanol–water partition coefficient (Wildman–Crippen LogP) is 4.29. The lowest BCUT2D eigenvalue weighted by Crippen LogP contribution is -2.06. The standard InChI is InChI=1S/C16H22FN3S/c1-21-10-5-3-2-4-8-20-16-13(17)11-14(18)12-7-6-9-19-15(12)16/h6-7,9,11,20H,2-5,8,10,18H2,1H3. The van der Waals surface area contributed by atoms with E-state index in [4.69, 9.17) is 5.73 Å². The molecule has 1 aromatic carbocycles. The molecule has 0 aliphatic rings. The Labute approximate surface area is 129 Å². The predicted molar refractivity (Wildman–Crippen MR) is 91.5 cm³/mol. The van der Waals surface area contributed by atoms with Crippen LogP contribution in [-0.4, -0.2) is 23.5 Å². The Bertz CT molecular complexity index is 589. The number of hydrogen-bond acceptors (Lipinski definition) is 4. The van der Waals surface area contributed by atoms with Crippen molar-refractivity contribution in [2.45, 2.75) is 25.7 Å². The molecule has 2 aromatic rings. The van der Waals surface area contributed by atoms with Crippen LogP contribution in [-0.2, 0) is 0 Å². The number of rotatable bonds is 8. The Morgan fingerprint density at radius 3 is 2.90 bits per heavy atom. The minimum atomic E-state index is -0.332. The number of fused-ring (bicyclic) bond motifs is 1. The molecule has 5 heteroatoms. The third-order valence-electron chi connectivity index (χ3n) is 3.45. The van der Waals surface area contributed by atoms with Gasteiger partial charge in [0.05, 0.1) is 11.2 Å². The van der Waals surface area contributed by atoms with Gasteiger partial charge in [-0.3, -0.25) is 4.98 Å². The van der Waals surface area contributed by atoms with Crippen LogP contribution in [0.3, 0.4) is 0 Å². The molecule has 3 nitrogen and oxygen atoms in total. The van der Waals surface area contributed by atoms with Gasteiger partial charge in [0.25, 0.3) is 0 Å². The van der Waals surface area contributed by atoms with Gasteiger partial charge in [0.1, 0.15) is 0 Å². The zero-order chi connectivity index (χ0) is 15.1. The van der Waals surface area contributed by atoms with Crippen molar-refractivity contribution in [1.29, 1.82) is 0 Å². The Kier molecular flexibility index (Phi) is 6.11. The van der Waals surface area contributed by atoms with E-state index < -0.39 is 0 Å². The average Bonchev–Trinajstić information content (AvgIpc) is 2.49. The smallest absolute Gasteiger partial charge is 0.150 e. The van der Waals surface area contributed by atoms with Crippen LogP contribution < -0.4 is 11.1 Å². The highest BCUT2D eigenvalue weighted by molar-refractivity contribution is 7.98. The highest BCUT2D eigenvalue weighted by Crippen LogP contribution is 2.29. The van der Waals surface area contributed by atoms with Gasteiger partial charge in [-0.2, -0.15) is 11.8 Å². The molecular formula is C16H22FN3S. The van der Waals surface area contributed by atoms with E-state index in [2.05, 4.69) is 16.6 Å². The van der Waals surface area contributed by atoms with Crippen LogP contribution in [0.15, 0.2) is 24.4 Å². The molecule has 0 atom stereocenters. The first-order chi connectivity index (χ1) is 10.2.